The van der Waals surface area contributed by atoms with E-state index in [4.69, 9.17) is 0 Å². The monoisotopic (exact) mass is 431 g/mol. The zero-order valence-electron chi connectivity index (χ0n) is 13.2. The Morgan fingerprint density at radius 1 is 1.22 bits per heavy atom. The summed E-state index contributed by atoms with van der Waals surface area (Å²) in [5.74, 6) is 0.572. The smallest absolute Gasteiger partial charge is 0.190 e. The molecule has 1 aromatic carbocycles. The van der Waals surface area contributed by atoms with Crippen LogP contribution in [0.1, 0.15) is 12.0 Å². The van der Waals surface area contributed by atoms with Gasteiger partial charge in [0.1, 0.15) is 5.82 Å². The Kier molecular flexibility index (Phi) is 9.27. The number of hydrogen-bond acceptors (Lipinski definition) is 2. The average molecular weight is 431 g/mol. The fraction of sp³-hybridized carbons (Fsp3) is 0.375. The van der Waals surface area contributed by atoms with Crippen LogP contribution in [0.15, 0.2) is 47.7 Å². The Bertz CT molecular complexity index is 586. The average Bonchev–Trinajstić information content (AvgIpc) is 3.05. The number of halogens is 2. The Hall–Kier alpha value is -1.64. The highest BCUT2D eigenvalue weighted by Gasteiger charge is 2.01. The lowest BCUT2D eigenvalue weighted by molar-refractivity contribution is 0.570. The van der Waals surface area contributed by atoms with Crippen molar-refractivity contribution in [1.29, 1.82) is 0 Å². The van der Waals surface area contributed by atoms with Crippen molar-refractivity contribution in [3.63, 3.8) is 0 Å². The molecule has 0 aliphatic carbocycles. The molecule has 2 N–H and O–H groups in total. The SMILES string of the molecule is CN=C(NCCCn1cccn1)NCCc1ccccc1F.I. The van der Waals surface area contributed by atoms with Crippen molar-refractivity contribution in [2.45, 2.75) is 19.4 Å². The predicted molar refractivity (Wildman–Crippen MR) is 102 cm³/mol. The summed E-state index contributed by atoms with van der Waals surface area (Å²) in [5, 5.41) is 10.6. The van der Waals surface area contributed by atoms with Crippen LogP contribution in [-0.4, -0.2) is 35.9 Å². The number of rotatable bonds is 7. The quantitative estimate of drug-likeness (QED) is 0.307. The van der Waals surface area contributed by atoms with Gasteiger partial charge in [-0.1, -0.05) is 18.2 Å². The summed E-state index contributed by atoms with van der Waals surface area (Å²) in [7, 11) is 1.73. The van der Waals surface area contributed by atoms with Crippen LogP contribution in [0.2, 0.25) is 0 Å². The molecule has 0 spiro atoms. The van der Waals surface area contributed by atoms with E-state index in [1.165, 1.54) is 6.07 Å². The standard InChI is InChI=1S/C16H22FN5.HI/c1-18-16(19-9-4-12-22-13-5-10-21-22)20-11-8-14-6-2-3-7-15(14)17;/h2-3,5-7,10,13H,4,8-9,11-12H2,1H3,(H2,18,19,20);1H. The topological polar surface area (TPSA) is 54.2 Å². The van der Waals surface area contributed by atoms with Gasteiger partial charge in [0.05, 0.1) is 0 Å². The predicted octanol–water partition coefficient (Wildman–Crippen LogP) is 2.44. The first-order valence-corrected chi connectivity index (χ1v) is 7.45. The highest BCUT2D eigenvalue weighted by atomic mass is 127. The second kappa shape index (κ2) is 11.0. The molecule has 23 heavy (non-hydrogen) atoms. The van der Waals surface area contributed by atoms with E-state index >= 15 is 0 Å². The molecule has 0 bridgehead atoms. The second-order valence-corrected chi connectivity index (χ2v) is 4.89. The van der Waals surface area contributed by atoms with Crippen molar-refractivity contribution in [2.24, 2.45) is 4.99 Å². The van der Waals surface area contributed by atoms with Crippen molar-refractivity contribution in [1.82, 2.24) is 20.4 Å². The van der Waals surface area contributed by atoms with E-state index in [1.54, 1.807) is 25.4 Å². The normalized spacial score (nSPS) is 11.0. The zero-order valence-corrected chi connectivity index (χ0v) is 15.5. The molecule has 126 valence electrons. The Morgan fingerprint density at radius 3 is 2.70 bits per heavy atom. The largest absolute Gasteiger partial charge is 0.356 e. The van der Waals surface area contributed by atoms with Gasteiger partial charge in [-0.15, -0.1) is 24.0 Å². The lowest BCUT2D eigenvalue weighted by Gasteiger charge is -2.12. The highest BCUT2D eigenvalue weighted by molar-refractivity contribution is 14.0. The first kappa shape index (κ1) is 19.4. The fourth-order valence-electron chi connectivity index (χ4n) is 2.12. The third-order valence-corrected chi connectivity index (χ3v) is 3.28. The van der Waals surface area contributed by atoms with E-state index < -0.39 is 0 Å². The van der Waals surface area contributed by atoms with Gasteiger partial charge >= 0.3 is 0 Å². The summed E-state index contributed by atoms with van der Waals surface area (Å²) < 4.78 is 15.4. The van der Waals surface area contributed by atoms with Crippen LogP contribution in [0.5, 0.6) is 0 Å². The van der Waals surface area contributed by atoms with Gasteiger partial charge in [0.25, 0.3) is 0 Å². The molecule has 0 fully saturated rings. The van der Waals surface area contributed by atoms with Crippen LogP contribution < -0.4 is 10.6 Å². The number of hydrogen-bond donors (Lipinski definition) is 2. The Labute approximate surface area is 153 Å². The van der Waals surface area contributed by atoms with Crippen LogP contribution >= 0.6 is 24.0 Å². The Morgan fingerprint density at radius 2 is 2.00 bits per heavy atom. The number of nitrogens with one attached hydrogen (secondary N) is 2. The number of aromatic nitrogens is 2. The molecule has 0 aliphatic rings. The highest BCUT2D eigenvalue weighted by Crippen LogP contribution is 2.05. The van der Waals surface area contributed by atoms with Gasteiger partial charge in [0.15, 0.2) is 5.96 Å². The van der Waals surface area contributed by atoms with Crippen molar-refractivity contribution in [3.05, 3.63) is 54.1 Å². The van der Waals surface area contributed by atoms with Crippen molar-refractivity contribution in [3.8, 4) is 0 Å². The third kappa shape index (κ3) is 6.98. The van der Waals surface area contributed by atoms with Gasteiger partial charge in [0, 0.05) is 39.1 Å². The molecular formula is C16H23FIN5. The molecule has 2 aromatic rings. The molecule has 1 aromatic heterocycles. The lowest BCUT2D eigenvalue weighted by atomic mass is 10.1. The number of aryl methyl sites for hydroxylation is 1. The zero-order chi connectivity index (χ0) is 15.6. The van der Waals surface area contributed by atoms with E-state index in [1.807, 2.05) is 23.0 Å². The maximum Gasteiger partial charge on any atom is 0.190 e. The first-order chi connectivity index (χ1) is 10.8. The molecule has 0 atom stereocenters. The van der Waals surface area contributed by atoms with Crippen LogP contribution in [0.25, 0.3) is 0 Å². The molecule has 7 heteroatoms. The van der Waals surface area contributed by atoms with E-state index in [0.717, 1.165) is 25.5 Å². The summed E-state index contributed by atoms with van der Waals surface area (Å²) >= 11 is 0. The first-order valence-electron chi connectivity index (χ1n) is 7.45. The Balaban J connectivity index is 0.00000264. The van der Waals surface area contributed by atoms with E-state index in [9.17, 15) is 4.39 Å². The molecule has 0 saturated heterocycles. The molecular weight excluding hydrogens is 408 g/mol. The van der Waals surface area contributed by atoms with Gasteiger partial charge < -0.3 is 10.6 Å². The number of nitrogens with zero attached hydrogens (tertiary/aromatic N) is 3. The third-order valence-electron chi connectivity index (χ3n) is 3.28. The fourth-order valence-corrected chi connectivity index (χ4v) is 2.12. The van der Waals surface area contributed by atoms with Crippen molar-refractivity contribution < 1.29 is 4.39 Å². The van der Waals surface area contributed by atoms with E-state index in [-0.39, 0.29) is 29.8 Å². The lowest BCUT2D eigenvalue weighted by Crippen LogP contribution is -2.39. The van der Waals surface area contributed by atoms with Crippen LogP contribution in [0.3, 0.4) is 0 Å². The van der Waals surface area contributed by atoms with Crippen LogP contribution in [0, 0.1) is 5.82 Å². The second-order valence-electron chi connectivity index (χ2n) is 4.89. The van der Waals surface area contributed by atoms with Crippen molar-refractivity contribution in [2.75, 3.05) is 20.1 Å². The molecule has 2 rings (SSSR count). The van der Waals surface area contributed by atoms with Crippen LogP contribution in [-0.2, 0) is 13.0 Å². The molecule has 0 saturated carbocycles. The maximum absolute atomic E-state index is 13.5. The van der Waals surface area contributed by atoms with E-state index in [0.29, 0.717) is 18.5 Å². The molecule has 0 aliphatic heterocycles. The number of aliphatic imine (C=N–C) groups is 1. The molecule has 0 unspecified atom stereocenters. The van der Waals surface area contributed by atoms with Gasteiger partial charge in [-0.25, -0.2) is 4.39 Å². The minimum Gasteiger partial charge on any atom is -0.356 e. The minimum absolute atomic E-state index is 0. The summed E-state index contributed by atoms with van der Waals surface area (Å²) in [6.07, 6.45) is 5.30. The molecule has 1 heterocycles. The van der Waals surface area contributed by atoms with Gasteiger partial charge in [0.2, 0.25) is 0 Å². The molecule has 0 amide bonds. The number of benzene rings is 1. The summed E-state index contributed by atoms with van der Waals surface area (Å²) in [6, 6.07) is 8.75. The molecule has 5 nitrogen and oxygen atoms in total. The van der Waals surface area contributed by atoms with Gasteiger partial charge in [-0.05, 0) is 30.5 Å². The number of guanidine groups is 1. The van der Waals surface area contributed by atoms with Gasteiger partial charge in [-0.2, -0.15) is 5.10 Å². The van der Waals surface area contributed by atoms with E-state index in [2.05, 4.69) is 20.7 Å². The minimum atomic E-state index is -0.161. The summed E-state index contributed by atoms with van der Waals surface area (Å²) in [5.41, 5.74) is 0.712. The summed E-state index contributed by atoms with van der Waals surface area (Å²) in [4.78, 5) is 4.15. The molecule has 0 radical (unpaired) electrons. The maximum atomic E-state index is 13.5. The van der Waals surface area contributed by atoms with Crippen LogP contribution in [0.4, 0.5) is 4.39 Å². The summed E-state index contributed by atoms with van der Waals surface area (Å²) in [6.45, 7) is 2.31. The van der Waals surface area contributed by atoms with Crippen molar-refractivity contribution >= 4 is 29.9 Å². The van der Waals surface area contributed by atoms with Gasteiger partial charge in [-0.3, -0.25) is 9.67 Å².